The number of hydrogen-bond donors (Lipinski definition) is 0. The van der Waals surface area contributed by atoms with Crippen LogP contribution in [0.15, 0.2) is 12.1 Å². The molecule has 1 saturated heterocycles. The Hall–Kier alpha value is -1.56. The number of amides is 1. The summed E-state index contributed by atoms with van der Waals surface area (Å²) >= 11 is 5.68. The second-order valence-corrected chi connectivity index (χ2v) is 7.51. The van der Waals surface area contributed by atoms with Crippen LogP contribution in [0.1, 0.15) is 46.5 Å². The van der Waals surface area contributed by atoms with E-state index in [1.165, 1.54) is 0 Å². The number of nitrogens with zero attached hydrogens (tertiary/aromatic N) is 3. The Morgan fingerprint density at radius 2 is 2.17 bits per heavy atom. The van der Waals surface area contributed by atoms with Crippen LogP contribution in [-0.4, -0.2) is 46.5 Å². The van der Waals surface area contributed by atoms with Crippen LogP contribution in [0.4, 0.5) is 4.79 Å². The average molecular weight is 356 g/mol. The molecule has 1 atom stereocenters. The first-order chi connectivity index (χ1) is 11.3. The molecule has 24 heavy (non-hydrogen) atoms. The summed E-state index contributed by atoms with van der Waals surface area (Å²) in [5.41, 5.74) is -0.447. The maximum atomic E-state index is 12.2. The standard InChI is InChI=1S/C17H26ClN3O3/c1-17(2,3)24-16(22)21-10-4-6-13(12-21)7-5-11-23-15-9-8-14(18)19-20-15/h8-9,13H,4-7,10-12H2,1-3H3/t13-/m0/s1. The van der Waals surface area contributed by atoms with Gasteiger partial charge in [0.1, 0.15) is 5.60 Å². The molecule has 0 spiro atoms. The summed E-state index contributed by atoms with van der Waals surface area (Å²) < 4.78 is 11.0. The predicted molar refractivity (Wildman–Crippen MR) is 92.3 cm³/mol. The second kappa shape index (κ2) is 8.51. The number of rotatable bonds is 5. The summed E-state index contributed by atoms with van der Waals surface area (Å²) in [4.78, 5) is 14.0. The Labute approximate surface area is 148 Å². The van der Waals surface area contributed by atoms with Gasteiger partial charge in [0.15, 0.2) is 5.15 Å². The minimum absolute atomic E-state index is 0.208. The van der Waals surface area contributed by atoms with Crippen LogP contribution in [0.25, 0.3) is 0 Å². The molecule has 1 fully saturated rings. The molecule has 0 radical (unpaired) electrons. The molecular weight excluding hydrogens is 330 g/mol. The second-order valence-electron chi connectivity index (χ2n) is 7.12. The van der Waals surface area contributed by atoms with Gasteiger partial charge in [0.2, 0.25) is 5.88 Å². The molecule has 0 bridgehead atoms. The normalized spacial score (nSPS) is 18.3. The van der Waals surface area contributed by atoms with Gasteiger partial charge in [-0.3, -0.25) is 0 Å². The molecule has 1 aromatic rings. The van der Waals surface area contributed by atoms with Crippen molar-refractivity contribution in [3.8, 4) is 5.88 Å². The van der Waals surface area contributed by atoms with Gasteiger partial charge in [0, 0.05) is 19.2 Å². The Bertz CT molecular complexity index is 531. The van der Waals surface area contributed by atoms with E-state index in [1.807, 2.05) is 25.7 Å². The first-order valence-electron chi connectivity index (χ1n) is 8.43. The van der Waals surface area contributed by atoms with Crippen molar-refractivity contribution in [3.63, 3.8) is 0 Å². The first kappa shape index (κ1) is 18.8. The van der Waals surface area contributed by atoms with Crippen molar-refractivity contribution < 1.29 is 14.3 Å². The number of halogens is 1. The van der Waals surface area contributed by atoms with Crippen molar-refractivity contribution in [2.45, 2.75) is 52.1 Å². The van der Waals surface area contributed by atoms with Crippen LogP contribution >= 0.6 is 11.6 Å². The number of piperidine rings is 1. The Morgan fingerprint density at radius 3 is 2.83 bits per heavy atom. The lowest BCUT2D eigenvalue weighted by atomic mass is 9.94. The fourth-order valence-electron chi connectivity index (χ4n) is 2.72. The molecule has 1 aromatic heterocycles. The third-order valence-corrected chi connectivity index (χ3v) is 3.99. The lowest BCUT2D eigenvalue weighted by molar-refractivity contribution is 0.0159. The molecular formula is C17H26ClN3O3. The Morgan fingerprint density at radius 1 is 1.38 bits per heavy atom. The smallest absolute Gasteiger partial charge is 0.410 e. The van der Waals surface area contributed by atoms with Gasteiger partial charge in [-0.05, 0) is 58.4 Å². The number of hydrogen-bond acceptors (Lipinski definition) is 5. The first-order valence-corrected chi connectivity index (χ1v) is 8.81. The van der Waals surface area contributed by atoms with Crippen LogP contribution in [-0.2, 0) is 4.74 Å². The van der Waals surface area contributed by atoms with E-state index in [-0.39, 0.29) is 6.09 Å². The highest BCUT2D eigenvalue weighted by molar-refractivity contribution is 6.29. The van der Waals surface area contributed by atoms with Gasteiger partial charge in [-0.1, -0.05) is 11.6 Å². The largest absolute Gasteiger partial charge is 0.477 e. The molecule has 2 rings (SSSR count). The van der Waals surface area contributed by atoms with Crippen molar-refractivity contribution in [1.29, 1.82) is 0 Å². The van der Waals surface area contributed by atoms with Crippen LogP contribution in [0, 0.1) is 5.92 Å². The van der Waals surface area contributed by atoms with Crippen molar-refractivity contribution >= 4 is 17.7 Å². The minimum atomic E-state index is -0.447. The third kappa shape index (κ3) is 6.51. The van der Waals surface area contributed by atoms with E-state index >= 15 is 0 Å². The maximum absolute atomic E-state index is 12.2. The number of carbonyl (C=O) groups is 1. The molecule has 0 unspecified atom stereocenters. The number of likely N-dealkylation sites (tertiary alicyclic amines) is 1. The third-order valence-electron chi connectivity index (χ3n) is 3.78. The van der Waals surface area contributed by atoms with Crippen LogP contribution in [0.2, 0.25) is 5.15 Å². The zero-order valence-electron chi connectivity index (χ0n) is 14.6. The Kier molecular flexibility index (Phi) is 6.66. The molecule has 2 heterocycles. The fraction of sp³-hybridized carbons (Fsp3) is 0.706. The highest BCUT2D eigenvalue weighted by Gasteiger charge is 2.27. The van der Waals surface area contributed by atoms with Crippen LogP contribution < -0.4 is 4.74 Å². The lowest BCUT2D eigenvalue weighted by Gasteiger charge is -2.34. The number of ether oxygens (including phenoxy) is 2. The molecule has 0 N–H and O–H groups in total. The van der Waals surface area contributed by atoms with Crippen molar-refractivity contribution in [1.82, 2.24) is 15.1 Å². The van der Waals surface area contributed by atoms with E-state index in [9.17, 15) is 4.79 Å². The molecule has 1 aliphatic rings. The van der Waals surface area contributed by atoms with Gasteiger partial charge < -0.3 is 14.4 Å². The minimum Gasteiger partial charge on any atom is -0.477 e. The number of aromatic nitrogens is 2. The van der Waals surface area contributed by atoms with Gasteiger partial charge in [-0.2, -0.15) is 0 Å². The van der Waals surface area contributed by atoms with Gasteiger partial charge in [0.05, 0.1) is 6.61 Å². The maximum Gasteiger partial charge on any atom is 0.410 e. The van der Waals surface area contributed by atoms with Crippen molar-refractivity contribution in [2.24, 2.45) is 5.92 Å². The molecule has 6 nitrogen and oxygen atoms in total. The molecule has 134 valence electrons. The monoisotopic (exact) mass is 355 g/mol. The molecule has 0 aromatic carbocycles. The molecule has 0 saturated carbocycles. The predicted octanol–water partition coefficient (Wildman–Crippen LogP) is 3.94. The summed E-state index contributed by atoms with van der Waals surface area (Å²) in [5.74, 6) is 0.976. The van der Waals surface area contributed by atoms with Gasteiger partial charge >= 0.3 is 6.09 Å². The van der Waals surface area contributed by atoms with Gasteiger partial charge in [-0.15, -0.1) is 10.2 Å². The van der Waals surface area contributed by atoms with Gasteiger partial charge in [0.25, 0.3) is 0 Å². The fourth-order valence-corrected chi connectivity index (χ4v) is 2.82. The SMILES string of the molecule is CC(C)(C)OC(=O)N1CCC[C@@H](CCCOc2ccc(Cl)nn2)C1. The van der Waals surface area contributed by atoms with Crippen molar-refractivity contribution in [2.75, 3.05) is 19.7 Å². The lowest BCUT2D eigenvalue weighted by Crippen LogP contribution is -2.42. The zero-order valence-corrected chi connectivity index (χ0v) is 15.4. The van der Waals surface area contributed by atoms with Crippen LogP contribution in [0.5, 0.6) is 5.88 Å². The van der Waals surface area contributed by atoms with Crippen molar-refractivity contribution in [3.05, 3.63) is 17.3 Å². The zero-order chi connectivity index (χ0) is 17.6. The van der Waals surface area contributed by atoms with Crippen LogP contribution in [0.3, 0.4) is 0 Å². The summed E-state index contributed by atoms with van der Waals surface area (Å²) in [6, 6.07) is 3.36. The highest BCUT2D eigenvalue weighted by atomic mass is 35.5. The summed E-state index contributed by atoms with van der Waals surface area (Å²) in [6.45, 7) is 7.80. The summed E-state index contributed by atoms with van der Waals surface area (Å²) in [6.07, 6.45) is 3.88. The molecule has 7 heteroatoms. The van der Waals surface area contributed by atoms with E-state index in [0.29, 0.717) is 23.6 Å². The molecule has 0 aliphatic carbocycles. The molecule has 1 amide bonds. The van der Waals surface area contributed by atoms with Gasteiger partial charge in [-0.25, -0.2) is 4.79 Å². The summed E-state index contributed by atoms with van der Waals surface area (Å²) in [7, 11) is 0. The quantitative estimate of drug-likeness (QED) is 0.748. The van der Waals surface area contributed by atoms with E-state index in [0.717, 1.165) is 38.8 Å². The molecule has 1 aliphatic heterocycles. The number of carbonyl (C=O) groups excluding carboxylic acids is 1. The van der Waals surface area contributed by atoms with E-state index < -0.39 is 5.60 Å². The topological polar surface area (TPSA) is 64.5 Å². The average Bonchev–Trinajstić information content (AvgIpc) is 2.52. The van der Waals surface area contributed by atoms with E-state index in [4.69, 9.17) is 21.1 Å². The highest BCUT2D eigenvalue weighted by Crippen LogP contribution is 2.23. The van der Waals surface area contributed by atoms with E-state index in [2.05, 4.69) is 10.2 Å². The Balaban J connectivity index is 1.69. The summed E-state index contributed by atoms with van der Waals surface area (Å²) in [5, 5.41) is 7.95. The van der Waals surface area contributed by atoms with E-state index in [1.54, 1.807) is 12.1 Å².